The summed E-state index contributed by atoms with van der Waals surface area (Å²) in [6.45, 7) is 0.426. The zero-order chi connectivity index (χ0) is 20.1. The Bertz CT molecular complexity index is 1270. The Morgan fingerprint density at radius 3 is 2.59 bits per heavy atom. The Morgan fingerprint density at radius 1 is 0.931 bits per heavy atom. The molecular weight excluding hydrogens is 380 g/mol. The van der Waals surface area contributed by atoms with Gasteiger partial charge in [-0.15, -0.1) is 0 Å². The number of aryl methyl sites for hydroxylation is 1. The molecule has 0 atom stereocenters. The maximum absolute atomic E-state index is 12.9. The number of halogens is 1. The van der Waals surface area contributed by atoms with Gasteiger partial charge in [-0.1, -0.05) is 65.9 Å². The molecule has 0 N–H and O–H groups in total. The van der Waals surface area contributed by atoms with Crippen molar-refractivity contribution in [3.8, 4) is 11.8 Å². The van der Waals surface area contributed by atoms with Crippen molar-refractivity contribution in [2.75, 3.05) is 0 Å². The van der Waals surface area contributed by atoms with Gasteiger partial charge in [0.05, 0.1) is 23.8 Å². The SMILES string of the molecule is O=c1c2cc(C#CCCc3ccccc3)ccc2ncn1Cc1cccc(Cl)c1. The van der Waals surface area contributed by atoms with Gasteiger partial charge in [-0.25, -0.2) is 4.98 Å². The van der Waals surface area contributed by atoms with E-state index in [0.29, 0.717) is 22.5 Å². The molecule has 0 aliphatic carbocycles. The zero-order valence-electron chi connectivity index (χ0n) is 15.8. The summed E-state index contributed by atoms with van der Waals surface area (Å²) in [5, 5.41) is 1.22. The highest BCUT2D eigenvalue weighted by atomic mass is 35.5. The minimum atomic E-state index is -0.0806. The highest BCUT2D eigenvalue weighted by molar-refractivity contribution is 6.30. The molecule has 142 valence electrons. The number of aromatic nitrogens is 2. The fourth-order valence-corrected chi connectivity index (χ4v) is 3.41. The molecule has 0 saturated heterocycles. The summed E-state index contributed by atoms with van der Waals surface area (Å²) < 4.78 is 1.60. The molecule has 0 amide bonds. The molecule has 29 heavy (non-hydrogen) atoms. The number of fused-ring (bicyclic) bond motifs is 1. The van der Waals surface area contributed by atoms with Crippen LogP contribution in [0.5, 0.6) is 0 Å². The van der Waals surface area contributed by atoms with E-state index in [1.165, 1.54) is 5.56 Å². The van der Waals surface area contributed by atoms with Gasteiger partial charge in [0.25, 0.3) is 5.56 Å². The lowest BCUT2D eigenvalue weighted by Crippen LogP contribution is -2.21. The van der Waals surface area contributed by atoms with E-state index in [4.69, 9.17) is 11.6 Å². The molecule has 0 radical (unpaired) electrons. The van der Waals surface area contributed by atoms with Crippen LogP contribution in [0, 0.1) is 11.8 Å². The second-order valence-electron chi connectivity index (χ2n) is 6.83. The number of benzene rings is 3. The Kier molecular flexibility index (Phi) is 5.74. The molecule has 0 aliphatic heterocycles. The molecule has 1 heterocycles. The fourth-order valence-electron chi connectivity index (χ4n) is 3.20. The van der Waals surface area contributed by atoms with Crippen molar-refractivity contribution in [1.29, 1.82) is 0 Å². The molecule has 3 aromatic carbocycles. The zero-order valence-corrected chi connectivity index (χ0v) is 16.6. The van der Waals surface area contributed by atoms with E-state index >= 15 is 0 Å². The molecule has 0 spiro atoms. The van der Waals surface area contributed by atoms with E-state index < -0.39 is 0 Å². The first-order valence-electron chi connectivity index (χ1n) is 9.45. The lowest BCUT2D eigenvalue weighted by atomic mass is 10.1. The standard InChI is InChI=1S/C25H19ClN2O/c26-22-12-6-11-21(15-22)17-28-18-27-24-14-13-20(16-23(24)25(28)29)10-5-4-9-19-7-2-1-3-8-19/h1-3,6-8,11-16,18H,4,9,17H2. The van der Waals surface area contributed by atoms with E-state index in [2.05, 4.69) is 29.0 Å². The maximum Gasteiger partial charge on any atom is 0.261 e. The summed E-state index contributed by atoms with van der Waals surface area (Å²) in [7, 11) is 0. The fraction of sp³-hybridized carbons (Fsp3) is 0.120. The molecule has 0 fully saturated rings. The van der Waals surface area contributed by atoms with Gasteiger partial charge in [0, 0.05) is 17.0 Å². The van der Waals surface area contributed by atoms with Gasteiger partial charge < -0.3 is 0 Å². The van der Waals surface area contributed by atoms with E-state index in [0.717, 1.165) is 24.0 Å². The third kappa shape index (κ3) is 4.74. The van der Waals surface area contributed by atoms with Gasteiger partial charge in [0.15, 0.2) is 0 Å². The van der Waals surface area contributed by atoms with Crippen molar-refractivity contribution >= 4 is 22.5 Å². The summed E-state index contributed by atoms with van der Waals surface area (Å²) in [5.41, 5.74) is 3.64. The highest BCUT2D eigenvalue weighted by Gasteiger charge is 2.06. The van der Waals surface area contributed by atoms with Crippen LogP contribution in [0.25, 0.3) is 10.9 Å². The average Bonchev–Trinajstić information content (AvgIpc) is 2.74. The average molecular weight is 399 g/mol. The second kappa shape index (κ2) is 8.77. The maximum atomic E-state index is 12.9. The first-order chi connectivity index (χ1) is 14.2. The molecule has 0 aliphatic rings. The van der Waals surface area contributed by atoms with Crippen LogP contribution in [0.1, 0.15) is 23.1 Å². The molecule has 0 saturated carbocycles. The van der Waals surface area contributed by atoms with Gasteiger partial charge in [-0.3, -0.25) is 9.36 Å². The predicted molar refractivity (Wildman–Crippen MR) is 118 cm³/mol. The summed E-state index contributed by atoms with van der Waals surface area (Å²) in [5.74, 6) is 6.37. The number of hydrogen-bond acceptors (Lipinski definition) is 2. The van der Waals surface area contributed by atoms with Gasteiger partial charge in [-0.2, -0.15) is 0 Å². The molecule has 4 heteroatoms. The normalized spacial score (nSPS) is 10.5. The van der Waals surface area contributed by atoms with Crippen LogP contribution in [-0.2, 0) is 13.0 Å². The summed E-state index contributed by atoms with van der Waals surface area (Å²) in [4.78, 5) is 17.3. The van der Waals surface area contributed by atoms with Crippen LogP contribution in [0.2, 0.25) is 5.02 Å². The van der Waals surface area contributed by atoms with E-state index in [9.17, 15) is 4.79 Å². The van der Waals surface area contributed by atoms with Gasteiger partial charge in [0.1, 0.15) is 0 Å². The molecule has 4 aromatic rings. The summed E-state index contributed by atoms with van der Waals surface area (Å²) in [6, 6.07) is 23.4. The van der Waals surface area contributed by atoms with Crippen molar-refractivity contribution in [3.05, 3.63) is 111 Å². The Labute approximate surface area is 174 Å². The summed E-state index contributed by atoms with van der Waals surface area (Å²) in [6.07, 6.45) is 3.26. The quantitative estimate of drug-likeness (QED) is 0.449. The van der Waals surface area contributed by atoms with Crippen molar-refractivity contribution in [3.63, 3.8) is 0 Å². The van der Waals surface area contributed by atoms with Crippen LogP contribution >= 0.6 is 11.6 Å². The number of nitrogens with zero attached hydrogens (tertiary/aromatic N) is 2. The Balaban J connectivity index is 1.56. The van der Waals surface area contributed by atoms with Crippen LogP contribution in [0.4, 0.5) is 0 Å². The van der Waals surface area contributed by atoms with Crippen molar-refractivity contribution in [2.24, 2.45) is 0 Å². The van der Waals surface area contributed by atoms with Crippen LogP contribution in [0.15, 0.2) is 83.9 Å². The van der Waals surface area contributed by atoms with Gasteiger partial charge in [0.2, 0.25) is 0 Å². The largest absolute Gasteiger partial charge is 0.294 e. The van der Waals surface area contributed by atoms with Crippen molar-refractivity contribution in [1.82, 2.24) is 9.55 Å². The van der Waals surface area contributed by atoms with Gasteiger partial charge in [-0.05, 0) is 47.9 Å². The molecular formula is C25H19ClN2O. The first kappa shape index (κ1) is 19.0. The number of rotatable bonds is 4. The topological polar surface area (TPSA) is 34.9 Å². The van der Waals surface area contributed by atoms with Crippen LogP contribution in [-0.4, -0.2) is 9.55 Å². The minimum Gasteiger partial charge on any atom is -0.294 e. The van der Waals surface area contributed by atoms with Crippen LogP contribution in [0.3, 0.4) is 0 Å². The predicted octanol–water partition coefficient (Wildman–Crippen LogP) is 5.08. The summed E-state index contributed by atoms with van der Waals surface area (Å²) >= 11 is 6.05. The lowest BCUT2D eigenvalue weighted by molar-refractivity contribution is 0.748. The number of hydrogen-bond donors (Lipinski definition) is 0. The van der Waals surface area contributed by atoms with E-state index in [-0.39, 0.29) is 5.56 Å². The van der Waals surface area contributed by atoms with Crippen molar-refractivity contribution in [2.45, 2.75) is 19.4 Å². The molecule has 3 nitrogen and oxygen atoms in total. The molecule has 4 rings (SSSR count). The smallest absolute Gasteiger partial charge is 0.261 e. The lowest BCUT2D eigenvalue weighted by Gasteiger charge is -2.07. The minimum absolute atomic E-state index is 0.0806. The highest BCUT2D eigenvalue weighted by Crippen LogP contribution is 2.13. The van der Waals surface area contributed by atoms with Crippen LogP contribution < -0.4 is 5.56 Å². The second-order valence-corrected chi connectivity index (χ2v) is 7.26. The first-order valence-corrected chi connectivity index (χ1v) is 9.83. The van der Waals surface area contributed by atoms with Gasteiger partial charge >= 0.3 is 0 Å². The third-order valence-corrected chi connectivity index (χ3v) is 4.92. The van der Waals surface area contributed by atoms with E-state index in [1.54, 1.807) is 10.9 Å². The van der Waals surface area contributed by atoms with E-state index in [1.807, 2.05) is 60.7 Å². The monoisotopic (exact) mass is 398 g/mol. The Morgan fingerprint density at radius 2 is 1.76 bits per heavy atom. The van der Waals surface area contributed by atoms with Crippen molar-refractivity contribution < 1.29 is 0 Å². The third-order valence-electron chi connectivity index (χ3n) is 4.68. The molecule has 1 aromatic heterocycles. The Hall–Kier alpha value is -3.35. The molecule has 0 unspecified atom stereocenters. The molecule has 0 bridgehead atoms.